The second kappa shape index (κ2) is 6.89. The molecule has 5 rings (SSSR count). The van der Waals surface area contributed by atoms with E-state index in [9.17, 15) is 4.79 Å². The number of fused-ring (bicyclic) bond motifs is 1. The minimum Gasteiger partial charge on any atom is -0.362 e. The van der Waals surface area contributed by atoms with E-state index in [0.29, 0.717) is 0 Å². The Morgan fingerprint density at radius 3 is 2.72 bits per heavy atom. The zero-order valence-corrected chi connectivity index (χ0v) is 19.6. The predicted molar refractivity (Wildman–Crippen MR) is 124 cm³/mol. The van der Waals surface area contributed by atoms with Gasteiger partial charge in [-0.2, -0.15) is 15.3 Å². The lowest BCUT2D eigenvalue weighted by atomic mass is 9.61. The molecule has 3 aliphatic heterocycles. The Kier molecular flexibility index (Phi) is 4.45. The molecule has 0 fully saturated rings. The highest BCUT2D eigenvalue weighted by molar-refractivity contribution is 6.00. The minimum atomic E-state index is -0.592. The van der Waals surface area contributed by atoms with Crippen molar-refractivity contribution in [3.63, 3.8) is 0 Å². The number of nitrogens with zero attached hydrogens (tertiary/aromatic N) is 4. The molecule has 2 atom stereocenters. The van der Waals surface area contributed by atoms with Crippen molar-refractivity contribution in [2.45, 2.75) is 64.6 Å². The van der Waals surface area contributed by atoms with Gasteiger partial charge in [0.2, 0.25) is 0 Å². The molecule has 0 radical (unpaired) electrons. The second-order valence-corrected chi connectivity index (χ2v) is 9.74. The van der Waals surface area contributed by atoms with Gasteiger partial charge in [0, 0.05) is 41.5 Å². The summed E-state index contributed by atoms with van der Waals surface area (Å²) >= 11 is 0. The maximum atomic E-state index is 13.6. The van der Waals surface area contributed by atoms with Crippen molar-refractivity contribution >= 4 is 5.91 Å². The molecule has 0 saturated carbocycles. The maximum Gasteiger partial charge on any atom is 0.250 e. The van der Waals surface area contributed by atoms with Crippen molar-refractivity contribution in [2.24, 2.45) is 17.3 Å². The number of aryl methyl sites for hydroxylation is 1. The second-order valence-electron chi connectivity index (χ2n) is 9.74. The number of nitrogens with one attached hydrogen (secondary N) is 2. The Morgan fingerprint density at radius 2 is 2.03 bits per heavy atom. The highest BCUT2D eigenvalue weighted by Gasteiger charge is 2.54. The van der Waals surface area contributed by atoms with Crippen molar-refractivity contribution < 1.29 is 4.79 Å². The van der Waals surface area contributed by atoms with E-state index in [1.54, 1.807) is 0 Å². The van der Waals surface area contributed by atoms with E-state index in [0.717, 1.165) is 57.8 Å². The number of benzene rings is 1. The summed E-state index contributed by atoms with van der Waals surface area (Å²) in [6.07, 6.45) is 3.14. The third-order valence-electron chi connectivity index (χ3n) is 7.22. The molecule has 1 aromatic heterocycles. The molecule has 1 amide bonds. The largest absolute Gasteiger partial charge is 0.362 e. The van der Waals surface area contributed by atoms with Crippen LogP contribution in [0.5, 0.6) is 0 Å². The third-order valence-corrected chi connectivity index (χ3v) is 7.22. The molecule has 0 bridgehead atoms. The number of amides is 1. The molecule has 0 saturated heterocycles. The quantitative estimate of drug-likeness (QED) is 0.763. The van der Waals surface area contributed by atoms with Gasteiger partial charge in [-0.15, -0.1) is 0 Å². The molecule has 1 unspecified atom stereocenters. The molecule has 2 N–H and O–H groups in total. The molecule has 7 nitrogen and oxygen atoms in total. The maximum absolute atomic E-state index is 13.6. The normalized spacial score (nSPS) is 26.1. The van der Waals surface area contributed by atoms with E-state index in [1.165, 1.54) is 0 Å². The van der Waals surface area contributed by atoms with E-state index in [4.69, 9.17) is 0 Å². The van der Waals surface area contributed by atoms with Gasteiger partial charge in [0.1, 0.15) is 0 Å². The van der Waals surface area contributed by atoms with Crippen LogP contribution in [0.1, 0.15) is 51.8 Å². The van der Waals surface area contributed by atoms with Gasteiger partial charge in [-0.25, -0.2) is 0 Å². The molecular formula is C25H30N6O. The van der Waals surface area contributed by atoms with Crippen molar-refractivity contribution in [3.8, 4) is 11.1 Å². The van der Waals surface area contributed by atoms with Crippen LogP contribution in [0.4, 0.5) is 0 Å². The van der Waals surface area contributed by atoms with Crippen LogP contribution in [0.15, 0.2) is 63.2 Å². The predicted octanol–water partition coefficient (Wildman–Crippen LogP) is 4.27. The fourth-order valence-electron chi connectivity index (χ4n) is 5.66. The van der Waals surface area contributed by atoms with Crippen LogP contribution in [0.25, 0.3) is 11.1 Å². The van der Waals surface area contributed by atoms with Crippen LogP contribution >= 0.6 is 0 Å². The van der Waals surface area contributed by atoms with Crippen LogP contribution in [-0.4, -0.2) is 27.4 Å². The summed E-state index contributed by atoms with van der Waals surface area (Å²) < 4.78 is 1.89. The molecular weight excluding hydrogens is 400 g/mol. The third kappa shape index (κ3) is 2.80. The summed E-state index contributed by atoms with van der Waals surface area (Å²) in [5, 5.41) is 20.2. The van der Waals surface area contributed by atoms with E-state index < -0.39 is 5.41 Å². The summed E-state index contributed by atoms with van der Waals surface area (Å²) in [5.41, 5.74) is 7.23. The van der Waals surface area contributed by atoms with Gasteiger partial charge in [-0.05, 0) is 51.3 Å². The number of hydrogen-bond acceptors (Lipinski definition) is 5. The first kappa shape index (κ1) is 20.7. The topological polar surface area (TPSA) is 83.7 Å². The van der Waals surface area contributed by atoms with Crippen LogP contribution < -0.4 is 10.6 Å². The summed E-state index contributed by atoms with van der Waals surface area (Å²) in [7, 11) is 1.95. The Labute approximate surface area is 188 Å². The van der Waals surface area contributed by atoms with Crippen LogP contribution in [0.3, 0.4) is 0 Å². The van der Waals surface area contributed by atoms with Crippen molar-refractivity contribution in [1.82, 2.24) is 20.4 Å². The number of carbonyl (C=O) groups excluding carboxylic acids is 1. The van der Waals surface area contributed by atoms with E-state index in [-0.39, 0.29) is 17.6 Å². The number of azo groups is 1. The highest BCUT2D eigenvalue weighted by atomic mass is 16.2. The van der Waals surface area contributed by atoms with Gasteiger partial charge >= 0.3 is 0 Å². The number of allylic oxidation sites excluding steroid dienone is 1. The summed E-state index contributed by atoms with van der Waals surface area (Å²) in [4.78, 5) is 13.6. The molecule has 4 heterocycles. The smallest absolute Gasteiger partial charge is 0.250 e. The Morgan fingerprint density at radius 1 is 1.25 bits per heavy atom. The fraction of sp³-hybridized carbons (Fsp3) is 0.440. The summed E-state index contributed by atoms with van der Waals surface area (Å²) in [6.45, 7) is 10.3. The van der Waals surface area contributed by atoms with E-state index >= 15 is 0 Å². The zero-order valence-electron chi connectivity index (χ0n) is 19.6. The van der Waals surface area contributed by atoms with E-state index in [2.05, 4.69) is 77.9 Å². The van der Waals surface area contributed by atoms with Gasteiger partial charge in [-0.3, -0.25) is 9.48 Å². The average molecular weight is 431 g/mol. The minimum absolute atomic E-state index is 0.0146. The van der Waals surface area contributed by atoms with E-state index in [1.807, 2.05) is 24.9 Å². The average Bonchev–Trinajstić information content (AvgIpc) is 3.28. The first-order valence-electron chi connectivity index (χ1n) is 11.2. The summed E-state index contributed by atoms with van der Waals surface area (Å²) in [6, 6.07) is 8.54. The first-order chi connectivity index (χ1) is 15.2. The number of rotatable bonds is 3. The lowest BCUT2D eigenvalue weighted by molar-refractivity contribution is -0.120. The Balaban J connectivity index is 1.78. The molecule has 2 aromatic rings. The zero-order chi connectivity index (χ0) is 22.8. The molecule has 32 heavy (non-hydrogen) atoms. The lowest BCUT2D eigenvalue weighted by Crippen LogP contribution is -2.58. The SMILES string of the molecule is CC[C@]1(c2cccc(-c3cnn(C)c3C)c2)C2=C(CC(C)(C)NC2=O)NC2N=NC(C)=C21. The number of aromatic nitrogens is 2. The van der Waals surface area contributed by atoms with Crippen LogP contribution in [0, 0.1) is 6.92 Å². The molecule has 0 spiro atoms. The number of hydrogen-bond donors (Lipinski definition) is 2. The van der Waals surface area contributed by atoms with Crippen LogP contribution in [-0.2, 0) is 17.3 Å². The fourth-order valence-corrected chi connectivity index (χ4v) is 5.66. The highest BCUT2D eigenvalue weighted by Crippen LogP contribution is 2.53. The van der Waals surface area contributed by atoms with Crippen molar-refractivity contribution in [1.29, 1.82) is 0 Å². The van der Waals surface area contributed by atoms with Crippen molar-refractivity contribution in [3.05, 3.63) is 64.3 Å². The van der Waals surface area contributed by atoms with Gasteiger partial charge in [0.05, 0.1) is 22.9 Å². The molecule has 166 valence electrons. The van der Waals surface area contributed by atoms with Gasteiger partial charge in [-0.1, -0.05) is 25.1 Å². The van der Waals surface area contributed by atoms with Crippen LogP contribution in [0.2, 0.25) is 0 Å². The Hall–Kier alpha value is -3.22. The number of carbonyl (C=O) groups is 1. The monoisotopic (exact) mass is 430 g/mol. The molecule has 7 heteroatoms. The lowest BCUT2D eigenvalue weighted by Gasteiger charge is -2.48. The molecule has 0 aliphatic carbocycles. The Bertz CT molecular complexity index is 1230. The van der Waals surface area contributed by atoms with Crippen molar-refractivity contribution in [2.75, 3.05) is 0 Å². The first-order valence-corrected chi connectivity index (χ1v) is 11.2. The standard InChI is InChI=1S/C25H30N6O/c1-7-25(17-10-8-9-16(11-17)18-13-26-31(6)15(18)3)20-14(2)29-30-22(20)27-19-12-24(4,5)28-23(32)21(19)25/h8-11,13,22,27H,7,12H2,1-6H3,(H,28,32)/t22?,25-/m1/s1. The summed E-state index contributed by atoms with van der Waals surface area (Å²) in [5.74, 6) is -0.0146. The molecule has 1 aromatic carbocycles. The van der Waals surface area contributed by atoms with Gasteiger partial charge in [0.25, 0.3) is 5.91 Å². The van der Waals surface area contributed by atoms with Gasteiger partial charge in [0.15, 0.2) is 6.17 Å². The van der Waals surface area contributed by atoms with Gasteiger partial charge < -0.3 is 10.6 Å². The molecule has 3 aliphatic rings.